The highest BCUT2D eigenvalue weighted by atomic mass is 35.5. The number of ether oxygens (including phenoxy) is 1. The molecular formula is C15H18Cl2N2O2. The molecule has 4 nitrogen and oxygen atoms in total. The Hall–Kier alpha value is -0.970. The number of amides is 1. The van der Waals surface area contributed by atoms with E-state index in [9.17, 15) is 4.79 Å². The molecule has 0 atom stereocenters. The Bertz CT molecular complexity index is 571. The highest BCUT2D eigenvalue weighted by Crippen LogP contribution is 2.54. The molecule has 6 heteroatoms. The first-order valence-electron chi connectivity index (χ1n) is 7.04. The third-order valence-electron chi connectivity index (χ3n) is 4.63. The van der Waals surface area contributed by atoms with E-state index < -0.39 is 0 Å². The summed E-state index contributed by atoms with van der Waals surface area (Å²) in [4.78, 5) is 12.0. The van der Waals surface area contributed by atoms with Gasteiger partial charge >= 0.3 is 0 Å². The molecule has 0 aliphatic heterocycles. The smallest absolute Gasteiger partial charge is 0.258 e. The molecule has 4 rings (SSSR count). The van der Waals surface area contributed by atoms with E-state index in [0.717, 1.165) is 25.7 Å². The lowest BCUT2D eigenvalue weighted by Gasteiger charge is -2.47. The quantitative estimate of drug-likeness (QED) is 0.873. The number of halogens is 2. The van der Waals surface area contributed by atoms with E-state index in [1.165, 1.54) is 0 Å². The molecule has 1 amide bonds. The molecule has 0 heterocycles. The van der Waals surface area contributed by atoms with Crippen LogP contribution in [0.15, 0.2) is 18.2 Å². The van der Waals surface area contributed by atoms with Crippen LogP contribution in [-0.4, -0.2) is 30.6 Å². The SMILES string of the molecule is CNC12CCC(NC(=O)COc3ccc(Cl)c(Cl)c3)(C1)C2. The second-order valence-corrected chi connectivity index (χ2v) is 6.89. The number of hydrogen-bond acceptors (Lipinski definition) is 3. The zero-order valence-corrected chi connectivity index (χ0v) is 13.4. The number of benzene rings is 1. The summed E-state index contributed by atoms with van der Waals surface area (Å²) in [7, 11) is 1.99. The van der Waals surface area contributed by atoms with Crippen LogP contribution in [0.2, 0.25) is 10.0 Å². The number of carbonyl (C=O) groups excluding carboxylic acids is 1. The van der Waals surface area contributed by atoms with Crippen LogP contribution in [0.5, 0.6) is 5.75 Å². The average molecular weight is 329 g/mol. The maximum Gasteiger partial charge on any atom is 0.258 e. The summed E-state index contributed by atoms with van der Waals surface area (Å²) in [6.45, 7) is -0.00767. The normalized spacial score (nSPS) is 29.9. The molecule has 0 saturated heterocycles. The van der Waals surface area contributed by atoms with Gasteiger partial charge in [0, 0.05) is 17.1 Å². The zero-order chi connectivity index (χ0) is 15.1. The van der Waals surface area contributed by atoms with Crippen molar-refractivity contribution in [3.05, 3.63) is 28.2 Å². The predicted octanol–water partition coefficient (Wildman–Crippen LogP) is 2.77. The van der Waals surface area contributed by atoms with Crippen molar-refractivity contribution in [2.75, 3.05) is 13.7 Å². The number of hydrogen-bond donors (Lipinski definition) is 2. The standard InChI is InChI=1S/C15H18Cl2N2O2/c1-18-14-4-5-15(8-14,9-14)19-13(20)7-21-10-2-3-11(16)12(17)6-10/h2-3,6,18H,4-5,7-9H2,1H3,(H,19,20). The van der Waals surface area contributed by atoms with Crippen LogP contribution >= 0.6 is 23.2 Å². The average Bonchev–Trinajstić information content (AvgIpc) is 2.95. The first-order valence-corrected chi connectivity index (χ1v) is 7.79. The fourth-order valence-electron chi connectivity index (χ4n) is 3.58. The summed E-state index contributed by atoms with van der Waals surface area (Å²) in [5, 5.41) is 7.36. The zero-order valence-electron chi connectivity index (χ0n) is 11.8. The number of nitrogens with one attached hydrogen (secondary N) is 2. The molecule has 1 aromatic carbocycles. The molecule has 3 fully saturated rings. The molecule has 1 aromatic rings. The molecule has 21 heavy (non-hydrogen) atoms. The van der Waals surface area contributed by atoms with Crippen LogP contribution in [0.1, 0.15) is 25.7 Å². The van der Waals surface area contributed by atoms with Gasteiger partial charge in [0.15, 0.2) is 6.61 Å². The van der Waals surface area contributed by atoms with Crippen molar-refractivity contribution in [2.24, 2.45) is 0 Å². The molecular weight excluding hydrogens is 311 g/mol. The van der Waals surface area contributed by atoms with Gasteiger partial charge in [-0.25, -0.2) is 0 Å². The van der Waals surface area contributed by atoms with Gasteiger partial charge in [0.1, 0.15) is 5.75 Å². The van der Waals surface area contributed by atoms with Gasteiger partial charge in [-0.3, -0.25) is 4.79 Å². The van der Waals surface area contributed by atoms with Crippen molar-refractivity contribution < 1.29 is 9.53 Å². The lowest BCUT2D eigenvalue weighted by Crippen LogP contribution is -2.63. The van der Waals surface area contributed by atoms with Gasteiger partial charge in [-0.15, -0.1) is 0 Å². The van der Waals surface area contributed by atoms with Crippen LogP contribution in [-0.2, 0) is 4.79 Å². The minimum absolute atomic E-state index is 0.00767. The Morgan fingerprint density at radius 2 is 1.95 bits per heavy atom. The largest absolute Gasteiger partial charge is 0.484 e. The van der Waals surface area contributed by atoms with Gasteiger partial charge in [0.2, 0.25) is 0 Å². The first kappa shape index (κ1) is 14.9. The van der Waals surface area contributed by atoms with Crippen LogP contribution in [0.25, 0.3) is 0 Å². The molecule has 114 valence electrons. The molecule has 0 spiro atoms. The van der Waals surface area contributed by atoms with Crippen molar-refractivity contribution in [1.82, 2.24) is 10.6 Å². The van der Waals surface area contributed by atoms with Crippen LogP contribution in [0, 0.1) is 0 Å². The fraction of sp³-hybridized carbons (Fsp3) is 0.533. The van der Waals surface area contributed by atoms with Crippen molar-refractivity contribution >= 4 is 29.1 Å². The molecule has 3 aliphatic rings. The third-order valence-corrected chi connectivity index (χ3v) is 5.37. The second kappa shape index (κ2) is 5.34. The van der Waals surface area contributed by atoms with Crippen molar-refractivity contribution in [3.8, 4) is 5.75 Å². The summed E-state index contributed by atoms with van der Waals surface area (Å²) in [5.74, 6) is 0.453. The van der Waals surface area contributed by atoms with E-state index in [1.807, 2.05) is 7.05 Å². The van der Waals surface area contributed by atoms with E-state index in [4.69, 9.17) is 27.9 Å². The Morgan fingerprint density at radius 3 is 2.57 bits per heavy atom. The third kappa shape index (κ3) is 2.85. The number of fused-ring (bicyclic) bond motifs is 1. The maximum atomic E-state index is 12.0. The lowest BCUT2D eigenvalue weighted by atomic mass is 9.71. The van der Waals surface area contributed by atoms with E-state index in [1.54, 1.807) is 18.2 Å². The van der Waals surface area contributed by atoms with E-state index >= 15 is 0 Å². The molecule has 0 radical (unpaired) electrons. The Balaban J connectivity index is 1.50. The van der Waals surface area contributed by atoms with Crippen molar-refractivity contribution in [3.63, 3.8) is 0 Å². The highest BCUT2D eigenvalue weighted by molar-refractivity contribution is 6.42. The topological polar surface area (TPSA) is 50.4 Å². The Labute approximate surface area is 134 Å². The Morgan fingerprint density at radius 1 is 1.24 bits per heavy atom. The minimum Gasteiger partial charge on any atom is -0.484 e. The van der Waals surface area contributed by atoms with Crippen molar-refractivity contribution in [1.29, 1.82) is 0 Å². The Kier molecular flexibility index (Phi) is 3.80. The molecule has 0 unspecified atom stereocenters. The number of carbonyl (C=O) groups is 1. The summed E-state index contributed by atoms with van der Waals surface area (Å²) >= 11 is 11.7. The van der Waals surface area contributed by atoms with Crippen LogP contribution in [0.4, 0.5) is 0 Å². The second-order valence-electron chi connectivity index (χ2n) is 6.08. The summed E-state index contributed by atoms with van der Waals surface area (Å²) in [5.41, 5.74) is 0.221. The maximum absolute atomic E-state index is 12.0. The summed E-state index contributed by atoms with van der Waals surface area (Å²) < 4.78 is 5.46. The van der Waals surface area contributed by atoms with Gasteiger partial charge in [-0.05, 0) is 44.9 Å². The van der Waals surface area contributed by atoms with Crippen LogP contribution in [0.3, 0.4) is 0 Å². The van der Waals surface area contributed by atoms with E-state index in [-0.39, 0.29) is 23.6 Å². The van der Waals surface area contributed by atoms with Gasteiger partial charge in [-0.2, -0.15) is 0 Å². The lowest BCUT2D eigenvalue weighted by molar-refractivity contribution is -0.126. The molecule has 0 aromatic heterocycles. The fourth-order valence-corrected chi connectivity index (χ4v) is 3.86. The van der Waals surface area contributed by atoms with Crippen molar-refractivity contribution in [2.45, 2.75) is 36.8 Å². The summed E-state index contributed by atoms with van der Waals surface area (Å²) in [6.07, 6.45) is 4.17. The van der Waals surface area contributed by atoms with E-state index in [0.29, 0.717) is 15.8 Å². The van der Waals surface area contributed by atoms with E-state index in [2.05, 4.69) is 10.6 Å². The predicted molar refractivity (Wildman–Crippen MR) is 83.1 cm³/mol. The summed E-state index contributed by atoms with van der Waals surface area (Å²) in [6, 6.07) is 4.96. The highest BCUT2D eigenvalue weighted by Gasteiger charge is 2.60. The van der Waals surface area contributed by atoms with Crippen LogP contribution < -0.4 is 15.4 Å². The molecule has 3 saturated carbocycles. The molecule has 2 bridgehead atoms. The van der Waals surface area contributed by atoms with Gasteiger partial charge in [-0.1, -0.05) is 23.2 Å². The van der Waals surface area contributed by atoms with Gasteiger partial charge < -0.3 is 15.4 Å². The van der Waals surface area contributed by atoms with Gasteiger partial charge in [0.25, 0.3) is 5.91 Å². The molecule has 2 N–H and O–H groups in total. The first-order chi connectivity index (χ1) is 9.96. The monoisotopic (exact) mass is 328 g/mol. The minimum atomic E-state index is -0.0901. The van der Waals surface area contributed by atoms with Gasteiger partial charge in [0.05, 0.1) is 10.0 Å². The molecule has 3 aliphatic carbocycles. The number of rotatable bonds is 5.